The van der Waals surface area contributed by atoms with Gasteiger partial charge in [0.1, 0.15) is 11.4 Å². The van der Waals surface area contributed by atoms with Gasteiger partial charge in [0.05, 0.1) is 17.9 Å². The second-order valence-corrected chi connectivity index (χ2v) is 9.00. The Bertz CT molecular complexity index is 861. The molecule has 0 saturated heterocycles. The Morgan fingerprint density at radius 2 is 2.04 bits per heavy atom. The van der Waals surface area contributed by atoms with Crippen LogP contribution >= 0.6 is 0 Å². The van der Waals surface area contributed by atoms with Crippen molar-refractivity contribution in [1.82, 2.24) is 4.90 Å². The van der Waals surface area contributed by atoms with Gasteiger partial charge >= 0.3 is 16.3 Å². The number of fused-ring (bicyclic) bond motifs is 1. The van der Waals surface area contributed by atoms with Crippen LogP contribution in [0.5, 0.6) is 5.75 Å². The van der Waals surface area contributed by atoms with Crippen LogP contribution in [0.3, 0.4) is 0 Å². The minimum absolute atomic E-state index is 0.00164. The first kappa shape index (κ1) is 21.8. The number of amidine groups is 1. The molecule has 0 aliphatic carbocycles. The van der Waals surface area contributed by atoms with E-state index < -0.39 is 15.8 Å². The van der Waals surface area contributed by atoms with Crippen LogP contribution in [-0.4, -0.2) is 50.5 Å². The van der Waals surface area contributed by atoms with Crippen molar-refractivity contribution >= 4 is 27.8 Å². The maximum atomic E-state index is 12.3. The highest BCUT2D eigenvalue weighted by molar-refractivity contribution is 7.91. The Hall–Kier alpha value is -2.49. The summed E-state index contributed by atoms with van der Waals surface area (Å²) >= 11 is 0. The van der Waals surface area contributed by atoms with E-state index in [1.54, 1.807) is 23.1 Å². The first-order valence-electron chi connectivity index (χ1n) is 9.04. The monoisotopic (exact) mass is 412 g/mol. The van der Waals surface area contributed by atoms with Gasteiger partial charge < -0.3 is 20.1 Å². The maximum absolute atomic E-state index is 12.3. The first-order chi connectivity index (χ1) is 12.9. The number of nitrogens with two attached hydrogens (primary N) is 1. The lowest BCUT2D eigenvalue weighted by atomic mass is 10.1. The van der Waals surface area contributed by atoms with Gasteiger partial charge in [0.25, 0.3) is 0 Å². The highest BCUT2D eigenvalue weighted by Gasteiger charge is 2.25. The number of carbonyl (C=O) groups is 1. The van der Waals surface area contributed by atoms with Gasteiger partial charge in [-0.3, -0.25) is 4.72 Å². The summed E-state index contributed by atoms with van der Waals surface area (Å²) in [5.74, 6) is 0.302. The predicted octanol–water partition coefficient (Wildman–Crippen LogP) is 2.33. The number of rotatable bonds is 6. The largest absolute Gasteiger partial charge is 0.492 e. The van der Waals surface area contributed by atoms with E-state index in [0.29, 0.717) is 36.7 Å². The molecule has 2 rings (SSSR count). The van der Waals surface area contributed by atoms with Crippen molar-refractivity contribution in [1.29, 1.82) is 0 Å². The van der Waals surface area contributed by atoms with Gasteiger partial charge in [0.15, 0.2) is 5.84 Å². The van der Waals surface area contributed by atoms with Crippen molar-refractivity contribution in [3.63, 3.8) is 0 Å². The van der Waals surface area contributed by atoms with Gasteiger partial charge in [-0.05, 0) is 39.8 Å². The molecule has 1 aliphatic rings. The fourth-order valence-electron chi connectivity index (χ4n) is 2.66. The number of benzene rings is 1. The molecule has 1 unspecified atom stereocenters. The second kappa shape index (κ2) is 8.26. The SMILES string of the molecule is CCN(CC(C)COc1cccc2c1C(N)=NS(=O)(=O)N2)C(=O)OC(C)(C)C. The minimum atomic E-state index is -3.84. The second-order valence-electron chi connectivity index (χ2n) is 7.67. The molecule has 3 N–H and O–H groups in total. The fourth-order valence-corrected chi connectivity index (χ4v) is 3.50. The highest BCUT2D eigenvalue weighted by Crippen LogP contribution is 2.30. The van der Waals surface area contributed by atoms with E-state index in [1.165, 1.54) is 0 Å². The molecule has 28 heavy (non-hydrogen) atoms. The Kier molecular flexibility index (Phi) is 6.43. The molecule has 10 heteroatoms. The molecule has 1 aliphatic heterocycles. The van der Waals surface area contributed by atoms with E-state index in [-0.39, 0.29) is 17.8 Å². The topological polar surface area (TPSA) is 123 Å². The molecule has 0 aromatic heterocycles. The number of carbonyl (C=O) groups excluding carboxylic acids is 1. The Labute approximate surface area is 166 Å². The molecule has 0 radical (unpaired) electrons. The van der Waals surface area contributed by atoms with E-state index in [2.05, 4.69) is 9.12 Å². The molecular weight excluding hydrogens is 384 g/mol. The van der Waals surface area contributed by atoms with Crippen molar-refractivity contribution in [3.8, 4) is 5.75 Å². The third-order valence-electron chi connectivity index (χ3n) is 3.83. The van der Waals surface area contributed by atoms with Gasteiger partial charge in [-0.1, -0.05) is 13.0 Å². The van der Waals surface area contributed by atoms with E-state index in [1.807, 2.05) is 34.6 Å². The summed E-state index contributed by atoms with van der Waals surface area (Å²) in [6.07, 6.45) is -0.371. The quantitative estimate of drug-likeness (QED) is 0.739. The molecule has 0 bridgehead atoms. The van der Waals surface area contributed by atoms with E-state index in [4.69, 9.17) is 15.2 Å². The standard InChI is InChI=1S/C18H28N4O5S/c1-6-22(17(23)27-18(3,4)5)10-12(2)11-26-14-9-7-8-13-15(14)16(19)21-28(24,25)20-13/h7-9,12,20H,6,10-11H2,1-5H3,(H2,19,21). The molecule has 9 nitrogen and oxygen atoms in total. The van der Waals surface area contributed by atoms with Gasteiger partial charge in [0, 0.05) is 19.0 Å². The van der Waals surface area contributed by atoms with Gasteiger partial charge in [-0.2, -0.15) is 8.42 Å². The third kappa shape index (κ3) is 5.75. The number of hydrogen-bond acceptors (Lipinski definition) is 6. The van der Waals surface area contributed by atoms with Crippen LogP contribution in [0.25, 0.3) is 0 Å². The zero-order valence-electron chi connectivity index (χ0n) is 16.9. The molecule has 0 fully saturated rings. The smallest absolute Gasteiger partial charge is 0.410 e. The summed E-state index contributed by atoms with van der Waals surface area (Å²) in [5.41, 5.74) is 5.98. The van der Waals surface area contributed by atoms with E-state index in [9.17, 15) is 13.2 Å². The minimum Gasteiger partial charge on any atom is -0.492 e. The molecule has 156 valence electrons. The van der Waals surface area contributed by atoms with E-state index in [0.717, 1.165) is 0 Å². The summed E-state index contributed by atoms with van der Waals surface area (Å²) in [5, 5.41) is 0. The molecule has 1 amide bonds. The Morgan fingerprint density at radius 3 is 2.64 bits per heavy atom. The Morgan fingerprint density at radius 1 is 1.36 bits per heavy atom. The molecule has 0 saturated carbocycles. The van der Waals surface area contributed by atoms with Crippen LogP contribution in [0.15, 0.2) is 22.6 Å². The summed E-state index contributed by atoms with van der Waals surface area (Å²) < 4.78 is 40.4. The number of anilines is 1. The maximum Gasteiger partial charge on any atom is 0.410 e. The van der Waals surface area contributed by atoms with Crippen LogP contribution in [-0.2, 0) is 14.9 Å². The average Bonchev–Trinajstić information content (AvgIpc) is 2.54. The fraction of sp³-hybridized carbons (Fsp3) is 0.556. The van der Waals surface area contributed by atoms with Crippen LogP contribution < -0.4 is 15.2 Å². The number of nitrogens with one attached hydrogen (secondary N) is 1. The number of hydrogen-bond donors (Lipinski definition) is 2. The lowest BCUT2D eigenvalue weighted by Crippen LogP contribution is -2.40. The highest BCUT2D eigenvalue weighted by atomic mass is 32.2. The predicted molar refractivity (Wildman–Crippen MR) is 108 cm³/mol. The van der Waals surface area contributed by atoms with E-state index >= 15 is 0 Å². The van der Waals surface area contributed by atoms with Crippen molar-refractivity contribution in [2.45, 2.75) is 40.2 Å². The molecule has 1 atom stereocenters. The molecular formula is C18H28N4O5S. The van der Waals surface area contributed by atoms with Crippen molar-refractivity contribution in [3.05, 3.63) is 23.8 Å². The summed E-state index contributed by atoms with van der Waals surface area (Å²) in [4.78, 5) is 13.9. The molecule has 1 aromatic carbocycles. The van der Waals surface area contributed by atoms with Crippen LogP contribution in [0.4, 0.5) is 10.5 Å². The van der Waals surface area contributed by atoms with Crippen LogP contribution in [0.1, 0.15) is 40.2 Å². The molecule has 1 heterocycles. The normalized spacial score (nSPS) is 16.2. The summed E-state index contributed by atoms with van der Waals surface area (Å²) in [7, 11) is -3.84. The van der Waals surface area contributed by atoms with Crippen molar-refractivity contribution in [2.24, 2.45) is 16.0 Å². The zero-order valence-corrected chi connectivity index (χ0v) is 17.7. The van der Waals surface area contributed by atoms with Crippen LogP contribution in [0, 0.1) is 5.92 Å². The van der Waals surface area contributed by atoms with Crippen molar-refractivity contribution < 1.29 is 22.7 Å². The number of ether oxygens (including phenoxy) is 2. The Balaban J connectivity index is 2.04. The average molecular weight is 413 g/mol. The lowest BCUT2D eigenvalue weighted by Gasteiger charge is -2.28. The zero-order chi connectivity index (χ0) is 21.1. The summed E-state index contributed by atoms with van der Waals surface area (Å²) in [6.45, 7) is 10.6. The molecule has 1 aromatic rings. The third-order valence-corrected chi connectivity index (χ3v) is 4.74. The first-order valence-corrected chi connectivity index (χ1v) is 10.5. The number of nitrogens with zero attached hydrogens (tertiary/aromatic N) is 2. The van der Waals surface area contributed by atoms with Gasteiger partial charge in [-0.15, -0.1) is 4.40 Å². The van der Waals surface area contributed by atoms with Crippen molar-refractivity contribution in [2.75, 3.05) is 24.4 Å². The molecule has 0 spiro atoms. The van der Waals surface area contributed by atoms with Crippen LogP contribution in [0.2, 0.25) is 0 Å². The number of amides is 1. The lowest BCUT2D eigenvalue weighted by molar-refractivity contribution is 0.0222. The van der Waals surface area contributed by atoms with Gasteiger partial charge in [-0.25, -0.2) is 4.79 Å². The van der Waals surface area contributed by atoms with Gasteiger partial charge in [0.2, 0.25) is 0 Å². The summed E-state index contributed by atoms with van der Waals surface area (Å²) in [6, 6.07) is 4.95.